The number of amides is 1. The smallest absolute Gasteiger partial charge is 0.325 e. The van der Waals surface area contributed by atoms with Crippen molar-refractivity contribution in [3.8, 4) is 0 Å². The molecule has 0 fully saturated rings. The first-order chi connectivity index (χ1) is 8.90. The first kappa shape index (κ1) is 15.6. The van der Waals surface area contributed by atoms with Crippen LogP contribution >= 0.6 is 11.8 Å². The molecule has 0 atom stereocenters. The van der Waals surface area contributed by atoms with Gasteiger partial charge in [0, 0.05) is 17.1 Å². The van der Waals surface area contributed by atoms with Crippen molar-refractivity contribution >= 4 is 23.4 Å². The van der Waals surface area contributed by atoms with E-state index in [2.05, 4.69) is 17.2 Å². The fraction of sp³-hybridized carbons (Fsp3) is 0.250. The van der Waals surface area contributed by atoms with Gasteiger partial charge in [-0.25, -0.2) is 0 Å². The summed E-state index contributed by atoms with van der Waals surface area (Å²) < 4.78 is 36.3. The van der Waals surface area contributed by atoms with E-state index in [1.54, 1.807) is 6.08 Å². The number of rotatable bonds is 6. The lowest BCUT2D eigenvalue weighted by Crippen LogP contribution is -2.28. The van der Waals surface area contributed by atoms with Crippen molar-refractivity contribution in [3.63, 3.8) is 0 Å². The predicted octanol–water partition coefficient (Wildman–Crippen LogP) is 3.01. The second-order valence-electron chi connectivity index (χ2n) is 3.54. The van der Waals surface area contributed by atoms with Gasteiger partial charge < -0.3 is 10.6 Å². The molecule has 0 radical (unpaired) electrons. The van der Waals surface area contributed by atoms with Crippen LogP contribution in [-0.2, 0) is 4.79 Å². The molecule has 0 unspecified atom stereocenters. The van der Waals surface area contributed by atoms with Crippen molar-refractivity contribution < 1.29 is 18.0 Å². The average molecular weight is 290 g/mol. The molecule has 3 nitrogen and oxygen atoms in total. The molecule has 0 aromatic heterocycles. The zero-order chi connectivity index (χ0) is 14.3. The molecule has 7 heteroatoms. The largest absolute Gasteiger partial charge is 0.446 e. The summed E-state index contributed by atoms with van der Waals surface area (Å²) in [7, 11) is 0. The maximum absolute atomic E-state index is 12.1. The molecule has 0 spiro atoms. The second kappa shape index (κ2) is 7.20. The number of carbonyl (C=O) groups excluding carboxylic acids is 1. The Balaban J connectivity index is 2.48. The Bertz CT molecular complexity index is 432. The summed E-state index contributed by atoms with van der Waals surface area (Å²) in [6.45, 7) is 4.12. The zero-order valence-electron chi connectivity index (χ0n) is 9.96. The molecule has 2 N–H and O–H groups in total. The fourth-order valence-electron chi connectivity index (χ4n) is 1.23. The maximum atomic E-state index is 12.1. The van der Waals surface area contributed by atoms with Gasteiger partial charge in [0.15, 0.2) is 0 Å². The quantitative estimate of drug-likeness (QED) is 0.481. The lowest BCUT2D eigenvalue weighted by Gasteiger charge is -2.08. The molecule has 1 aromatic carbocycles. The van der Waals surface area contributed by atoms with E-state index in [0.717, 1.165) is 0 Å². The van der Waals surface area contributed by atoms with Crippen LogP contribution in [-0.4, -0.2) is 24.5 Å². The number of benzene rings is 1. The molecule has 0 aliphatic rings. The number of carbonyl (C=O) groups is 1. The number of nitrogens with one attached hydrogen (secondary N) is 2. The fourth-order valence-corrected chi connectivity index (χ4v) is 1.77. The minimum absolute atomic E-state index is 0.0790. The van der Waals surface area contributed by atoms with Crippen LogP contribution in [0.15, 0.2) is 41.8 Å². The minimum Gasteiger partial charge on any atom is -0.325 e. The van der Waals surface area contributed by atoms with Crippen LogP contribution in [0.1, 0.15) is 0 Å². The molecule has 0 heterocycles. The summed E-state index contributed by atoms with van der Waals surface area (Å²) >= 11 is -0.191. The van der Waals surface area contributed by atoms with Crippen LogP contribution in [0.5, 0.6) is 0 Å². The van der Waals surface area contributed by atoms with Gasteiger partial charge in [0.05, 0.1) is 6.54 Å². The van der Waals surface area contributed by atoms with Gasteiger partial charge in [-0.15, -0.1) is 6.58 Å². The molecule has 0 aliphatic heterocycles. The van der Waals surface area contributed by atoms with E-state index < -0.39 is 5.51 Å². The Hall–Kier alpha value is -1.47. The number of thioether (sulfide) groups is 1. The van der Waals surface area contributed by atoms with Gasteiger partial charge in [0.25, 0.3) is 0 Å². The van der Waals surface area contributed by atoms with Gasteiger partial charge in [-0.2, -0.15) is 13.2 Å². The van der Waals surface area contributed by atoms with Gasteiger partial charge in [0.1, 0.15) is 0 Å². The van der Waals surface area contributed by atoms with Crippen LogP contribution in [0.3, 0.4) is 0 Å². The van der Waals surface area contributed by atoms with Crippen LogP contribution in [0.2, 0.25) is 0 Å². The zero-order valence-corrected chi connectivity index (χ0v) is 10.8. The lowest BCUT2D eigenvalue weighted by atomic mass is 10.3. The van der Waals surface area contributed by atoms with E-state index in [1.807, 2.05) is 0 Å². The third kappa shape index (κ3) is 6.88. The van der Waals surface area contributed by atoms with Crippen LogP contribution < -0.4 is 10.6 Å². The number of alkyl halides is 3. The normalized spacial score (nSPS) is 11.1. The van der Waals surface area contributed by atoms with Gasteiger partial charge in [-0.3, -0.25) is 4.79 Å². The van der Waals surface area contributed by atoms with Gasteiger partial charge in [-0.05, 0) is 36.0 Å². The Kier molecular flexibility index (Phi) is 5.91. The Morgan fingerprint density at radius 1 is 1.32 bits per heavy atom. The number of anilines is 1. The predicted molar refractivity (Wildman–Crippen MR) is 70.1 cm³/mol. The van der Waals surface area contributed by atoms with Crippen molar-refractivity contribution in [3.05, 3.63) is 36.9 Å². The van der Waals surface area contributed by atoms with E-state index in [4.69, 9.17) is 0 Å². The topological polar surface area (TPSA) is 41.1 Å². The third-order valence-corrected chi connectivity index (χ3v) is 2.69. The molecule has 0 saturated carbocycles. The van der Waals surface area contributed by atoms with Gasteiger partial charge >= 0.3 is 5.51 Å². The highest BCUT2D eigenvalue weighted by molar-refractivity contribution is 8.00. The SMILES string of the molecule is C=CCNCC(=O)Nc1ccc(SC(F)(F)F)cc1. The van der Waals surface area contributed by atoms with Crippen LogP contribution in [0, 0.1) is 0 Å². The lowest BCUT2D eigenvalue weighted by molar-refractivity contribution is -0.115. The van der Waals surface area contributed by atoms with E-state index in [9.17, 15) is 18.0 Å². The van der Waals surface area contributed by atoms with Crippen molar-refractivity contribution in [2.75, 3.05) is 18.4 Å². The first-order valence-corrected chi connectivity index (χ1v) is 6.19. The van der Waals surface area contributed by atoms with Crippen molar-refractivity contribution in [1.82, 2.24) is 5.32 Å². The molecule has 1 aromatic rings. The average Bonchev–Trinajstić information content (AvgIpc) is 2.30. The summed E-state index contributed by atoms with van der Waals surface area (Å²) in [6, 6.07) is 5.48. The van der Waals surface area contributed by atoms with E-state index >= 15 is 0 Å². The summed E-state index contributed by atoms with van der Waals surface area (Å²) in [5, 5.41) is 5.38. The van der Waals surface area contributed by atoms with Crippen molar-refractivity contribution in [2.24, 2.45) is 0 Å². The number of halogens is 3. The Morgan fingerprint density at radius 2 is 1.95 bits per heavy atom. The van der Waals surface area contributed by atoms with Gasteiger partial charge in [-0.1, -0.05) is 6.08 Å². The van der Waals surface area contributed by atoms with Crippen LogP contribution in [0.25, 0.3) is 0 Å². The summed E-state index contributed by atoms with van der Waals surface area (Å²) in [6.07, 6.45) is 1.62. The third-order valence-electron chi connectivity index (χ3n) is 1.95. The Morgan fingerprint density at radius 3 is 2.47 bits per heavy atom. The second-order valence-corrected chi connectivity index (χ2v) is 4.68. The molecule has 0 aliphatic carbocycles. The van der Waals surface area contributed by atoms with Crippen molar-refractivity contribution in [1.29, 1.82) is 0 Å². The van der Waals surface area contributed by atoms with Gasteiger partial charge in [0.2, 0.25) is 5.91 Å². The van der Waals surface area contributed by atoms with E-state index in [-0.39, 0.29) is 29.1 Å². The monoisotopic (exact) mass is 290 g/mol. The summed E-state index contributed by atoms with van der Waals surface area (Å²) in [5.74, 6) is -0.266. The first-order valence-electron chi connectivity index (χ1n) is 5.38. The minimum atomic E-state index is -4.31. The number of hydrogen-bond acceptors (Lipinski definition) is 3. The number of hydrogen-bond donors (Lipinski definition) is 2. The highest BCUT2D eigenvalue weighted by Gasteiger charge is 2.28. The molecular formula is C12H13F3N2OS. The standard InChI is InChI=1S/C12H13F3N2OS/c1-2-7-16-8-11(18)17-9-3-5-10(6-4-9)19-12(13,14)15/h2-6,16H,1,7-8H2,(H,17,18). The molecule has 1 amide bonds. The molecular weight excluding hydrogens is 277 g/mol. The highest BCUT2D eigenvalue weighted by Crippen LogP contribution is 2.36. The summed E-state index contributed by atoms with van der Waals surface area (Å²) in [4.78, 5) is 11.5. The molecule has 19 heavy (non-hydrogen) atoms. The highest BCUT2D eigenvalue weighted by atomic mass is 32.2. The van der Waals surface area contributed by atoms with E-state index in [1.165, 1.54) is 24.3 Å². The summed E-state index contributed by atoms with van der Waals surface area (Å²) in [5.41, 5.74) is -3.85. The van der Waals surface area contributed by atoms with Crippen molar-refractivity contribution in [2.45, 2.75) is 10.4 Å². The maximum Gasteiger partial charge on any atom is 0.446 e. The Labute approximate surface area is 113 Å². The molecule has 0 bridgehead atoms. The van der Waals surface area contributed by atoms with E-state index in [0.29, 0.717) is 12.2 Å². The molecule has 0 saturated heterocycles. The molecule has 1 rings (SSSR count). The van der Waals surface area contributed by atoms with Crippen LogP contribution in [0.4, 0.5) is 18.9 Å². The molecule has 104 valence electrons.